The summed E-state index contributed by atoms with van der Waals surface area (Å²) in [6, 6.07) is 122. The minimum Gasteiger partial charge on any atom is -0.311 e. The summed E-state index contributed by atoms with van der Waals surface area (Å²) in [5, 5.41) is 9.71. The van der Waals surface area contributed by atoms with Crippen molar-refractivity contribution < 1.29 is 0 Å². The highest BCUT2D eigenvalue weighted by Crippen LogP contribution is 2.54. The first kappa shape index (κ1) is 71.9. The Morgan fingerprint density at radius 2 is 0.496 bits per heavy atom. The van der Waals surface area contributed by atoms with Gasteiger partial charge in [0.2, 0.25) is 0 Å². The molecule has 2 aliphatic heterocycles. The highest BCUT2D eigenvalue weighted by Gasteiger charge is 2.46. The lowest BCUT2D eigenvalue weighted by atomic mass is 9.33. The van der Waals surface area contributed by atoms with Crippen LogP contribution in [0.25, 0.3) is 132 Å². The summed E-state index contributed by atoms with van der Waals surface area (Å²) in [5.74, 6) is 0. The Morgan fingerprint density at radius 3 is 0.812 bits per heavy atom. The van der Waals surface area contributed by atoms with Crippen LogP contribution in [0, 0.1) is 0 Å². The number of hydrogen-bond donors (Lipinski definition) is 0. The van der Waals surface area contributed by atoms with Crippen molar-refractivity contribution in [2.24, 2.45) is 0 Å². The van der Waals surface area contributed by atoms with Gasteiger partial charge in [0.15, 0.2) is 0 Å². The van der Waals surface area contributed by atoms with Crippen LogP contribution in [0.15, 0.2) is 315 Å². The van der Waals surface area contributed by atoms with E-state index in [2.05, 4.69) is 447 Å². The maximum absolute atomic E-state index is 2.72. The first-order valence-corrected chi connectivity index (χ1v) is 41.8. The average Bonchev–Trinajstić information content (AvgIpc) is 1.47. The maximum Gasteiger partial charge on any atom is 0.252 e. The molecule has 117 heavy (non-hydrogen) atoms. The minimum atomic E-state index is -0.330. The topological polar surface area (TPSA) is 26.2 Å². The largest absolute Gasteiger partial charge is 0.311 e. The van der Waals surface area contributed by atoms with Gasteiger partial charge in [-0.1, -0.05) is 310 Å². The van der Waals surface area contributed by atoms with Crippen LogP contribution in [0.3, 0.4) is 0 Å². The molecule has 0 N–H and O–H groups in total. The number of hydrogen-bond acceptors (Lipinski definition) is 2. The molecule has 7 heteroatoms. The first-order valence-electron chi connectivity index (χ1n) is 41.8. The van der Waals surface area contributed by atoms with Gasteiger partial charge in [0.1, 0.15) is 0 Å². The van der Waals surface area contributed by atoms with Gasteiger partial charge >= 0.3 is 0 Å². The average molecular weight is 1510 g/mol. The van der Waals surface area contributed by atoms with Crippen LogP contribution in [-0.4, -0.2) is 25.0 Å². The SMILES string of the molecule is CC(C)(C)c1ccc(-c2cc(C(C)(C)C)ccc2N2c3cc(-n4c5ccccc5c5ccc6c7ccccc7n(-c7ccccc7)c6c54)ccc3B3c4ccc(-n5c6ccccc6c6ccc7c8ccccc8n(-c8ccccc8)c7c65)cc4N(c4ccc(C(C)(C)C)cc4-c4ccc(C(C)(C)C)cc4)c4cc(C(C)(C)C)cc2c43)cc1. The molecule has 19 aromatic rings. The minimum absolute atomic E-state index is 0.0441. The molecule has 0 spiro atoms. The van der Waals surface area contributed by atoms with Crippen molar-refractivity contribution >= 4 is 144 Å². The monoisotopic (exact) mass is 1510 g/mol. The fourth-order valence-electron chi connectivity index (χ4n) is 19.6. The van der Waals surface area contributed by atoms with E-state index in [4.69, 9.17) is 0 Å². The molecule has 0 saturated heterocycles. The number of rotatable bonds is 8. The van der Waals surface area contributed by atoms with Crippen molar-refractivity contribution in [2.75, 3.05) is 9.80 Å². The van der Waals surface area contributed by atoms with Crippen LogP contribution in [0.2, 0.25) is 0 Å². The summed E-state index contributed by atoms with van der Waals surface area (Å²) in [7, 11) is 0. The van der Waals surface area contributed by atoms with Crippen LogP contribution >= 0.6 is 0 Å². The second-order valence-electron chi connectivity index (χ2n) is 38.2. The summed E-state index contributed by atoms with van der Waals surface area (Å²) < 4.78 is 10.2. The molecule has 0 atom stereocenters. The molecule has 0 bridgehead atoms. The molecule has 4 aromatic heterocycles. The zero-order valence-corrected chi connectivity index (χ0v) is 69.8. The van der Waals surface area contributed by atoms with Crippen LogP contribution in [0.5, 0.6) is 0 Å². The van der Waals surface area contributed by atoms with E-state index in [-0.39, 0.29) is 33.8 Å². The van der Waals surface area contributed by atoms with Gasteiger partial charge in [0.05, 0.1) is 55.5 Å². The molecule has 21 rings (SSSR count). The summed E-state index contributed by atoms with van der Waals surface area (Å²) in [6.07, 6.45) is 0. The van der Waals surface area contributed by atoms with Gasteiger partial charge < -0.3 is 28.1 Å². The molecular formula is C110H97BN6. The lowest BCUT2D eigenvalue weighted by Gasteiger charge is -2.46. The predicted octanol–water partition coefficient (Wildman–Crippen LogP) is 28.0. The molecule has 6 heterocycles. The van der Waals surface area contributed by atoms with E-state index in [1.54, 1.807) is 0 Å². The van der Waals surface area contributed by atoms with Gasteiger partial charge in [-0.2, -0.15) is 0 Å². The lowest BCUT2D eigenvalue weighted by Crippen LogP contribution is -2.61. The molecule has 6 nitrogen and oxygen atoms in total. The zero-order chi connectivity index (χ0) is 80.3. The molecule has 15 aromatic carbocycles. The number of anilines is 6. The van der Waals surface area contributed by atoms with Gasteiger partial charge in [-0.3, -0.25) is 0 Å². The molecule has 0 aliphatic carbocycles. The molecular weight excluding hydrogens is 1420 g/mol. The van der Waals surface area contributed by atoms with Gasteiger partial charge in [-0.25, -0.2) is 0 Å². The van der Waals surface area contributed by atoms with Crippen molar-refractivity contribution in [3.8, 4) is 45.0 Å². The summed E-state index contributed by atoms with van der Waals surface area (Å²) in [5.41, 5.74) is 34.7. The summed E-state index contributed by atoms with van der Waals surface area (Å²) in [4.78, 5) is 5.43. The molecule has 0 amide bonds. The molecule has 2 aliphatic rings. The Kier molecular flexibility index (Phi) is 15.9. The van der Waals surface area contributed by atoms with Gasteiger partial charge in [-0.05, 0) is 192 Å². The van der Waals surface area contributed by atoms with Crippen molar-refractivity contribution in [2.45, 2.75) is 131 Å². The predicted molar refractivity (Wildman–Crippen MR) is 502 cm³/mol. The molecule has 0 fully saturated rings. The number of fused-ring (bicyclic) bond motifs is 18. The standard InChI is InChI=1S/C110H97BN6/c1-106(2,3)70-46-42-68(43-47-70)87-62-72(108(7,8)9)50-60-95(87)116-97-66-77(114-93-40-28-24-36-81(93)85-56-54-83-79-34-22-26-38-91(79)112(102(83)104(85)114)75-30-18-16-19-31-75)52-58-89(97)111-90-59-53-78(115-94-41-29-25-37-82(94)86-57-55-84-80-35-23-27-39-92(80)113(103(84)105(86)115)76-32-20-17-21-33-76)67-98(90)117(100-65-74(110(13,14)15)64-99(116)101(100)111)96-61-51-73(109(10,11)12)63-88(96)69-44-48-71(49-45-69)107(4,5)6/h16-67H,1-15H3. The van der Waals surface area contributed by atoms with Crippen molar-refractivity contribution in [3.05, 3.63) is 343 Å². The zero-order valence-electron chi connectivity index (χ0n) is 69.8. The lowest BCUT2D eigenvalue weighted by molar-refractivity contribution is 0.589. The van der Waals surface area contributed by atoms with Gasteiger partial charge in [0, 0.05) is 99.7 Å². The van der Waals surface area contributed by atoms with E-state index >= 15 is 0 Å². The van der Waals surface area contributed by atoms with Crippen molar-refractivity contribution in [1.29, 1.82) is 0 Å². The fourth-order valence-corrected chi connectivity index (χ4v) is 19.6. The molecule has 0 radical (unpaired) electrons. The Hall–Kier alpha value is -12.8. The normalized spacial score (nSPS) is 13.4. The Labute approximate surface area is 687 Å². The summed E-state index contributed by atoms with van der Waals surface area (Å²) in [6.45, 7) is 35.0. The van der Waals surface area contributed by atoms with Gasteiger partial charge in [0.25, 0.3) is 6.71 Å². The quantitative estimate of drug-likeness (QED) is 0.142. The van der Waals surface area contributed by atoms with E-state index in [0.717, 1.165) is 67.9 Å². The van der Waals surface area contributed by atoms with E-state index in [1.165, 1.54) is 143 Å². The van der Waals surface area contributed by atoms with E-state index in [1.807, 2.05) is 0 Å². The first-order chi connectivity index (χ1) is 56.2. The molecule has 570 valence electrons. The maximum atomic E-state index is 2.72. The second-order valence-corrected chi connectivity index (χ2v) is 38.2. The Morgan fingerprint density at radius 1 is 0.205 bits per heavy atom. The third-order valence-corrected chi connectivity index (χ3v) is 25.7. The highest BCUT2D eigenvalue weighted by molar-refractivity contribution is 7.00. The van der Waals surface area contributed by atoms with E-state index < -0.39 is 0 Å². The smallest absolute Gasteiger partial charge is 0.252 e. The van der Waals surface area contributed by atoms with Crippen molar-refractivity contribution in [1.82, 2.24) is 18.3 Å². The third-order valence-electron chi connectivity index (χ3n) is 25.7. The summed E-state index contributed by atoms with van der Waals surface area (Å²) >= 11 is 0. The number of aromatic nitrogens is 4. The number of benzene rings is 15. The Balaban J connectivity index is 0.915. The van der Waals surface area contributed by atoms with Crippen LogP contribution in [-0.2, 0) is 27.1 Å². The second kappa shape index (κ2) is 25.8. The molecule has 0 unspecified atom stereocenters. The van der Waals surface area contributed by atoms with Crippen LogP contribution in [0.1, 0.15) is 132 Å². The molecule has 0 saturated carbocycles. The third kappa shape index (κ3) is 11.2. The van der Waals surface area contributed by atoms with Crippen LogP contribution in [0.4, 0.5) is 34.1 Å². The van der Waals surface area contributed by atoms with Crippen LogP contribution < -0.4 is 26.2 Å². The van der Waals surface area contributed by atoms with E-state index in [0.29, 0.717) is 0 Å². The van der Waals surface area contributed by atoms with Gasteiger partial charge in [-0.15, -0.1) is 0 Å². The Bertz CT molecular complexity index is 6880. The fraction of sp³-hybridized carbons (Fsp3) is 0.182. The number of nitrogens with zero attached hydrogens (tertiary/aromatic N) is 6. The van der Waals surface area contributed by atoms with Crippen molar-refractivity contribution in [3.63, 3.8) is 0 Å². The number of para-hydroxylation sites is 6. The van der Waals surface area contributed by atoms with E-state index in [9.17, 15) is 0 Å². The highest BCUT2D eigenvalue weighted by atomic mass is 15.2.